The Hall–Kier alpha value is -4.69. The highest BCUT2D eigenvalue weighted by atomic mass is 32.2. The molecule has 8 heteroatoms. The van der Waals surface area contributed by atoms with E-state index in [1.807, 2.05) is 111 Å². The molecule has 1 heterocycles. The first kappa shape index (κ1) is 28.8. The Kier molecular flexibility index (Phi) is 9.46. The van der Waals surface area contributed by atoms with Crippen molar-refractivity contribution in [1.82, 2.24) is 5.32 Å². The van der Waals surface area contributed by atoms with Crippen molar-refractivity contribution in [3.8, 4) is 23.0 Å². The number of amides is 1. The summed E-state index contributed by atoms with van der Waals surface area (Å²) in [5.74, 6) is 2.32. The number of nitrogens with zero attached hydrogens (tertiary/aromatic N) is 1. The Balaban J connectivity index is 1.25. The zero-order chi connectivity index (χ0) is 29.3. The van der Waals surface area contributed by atoms with Gasteiger partial charge < -0.3 is 24.3 Å². The maximum absolute atomic E-state index is 12.6. The van der Waals surface area contributed by atoms with Gasteiger partial charge in [-0.3, -0.25) is 4.79 Å². The van der Waals surface area contributed by atoms with Crippen molar-refractivity contribution in [1.29, 1.82) is 0 Å². The molecule has 0 aliphatic carbocycles. The number of carbonyl (C=O) groups is 1. The summed E-state index contributed by atoms with van der Waals surface area (Å²) in [6, 6.07) is 29.2. The van der Waals surface area contributed by atoms with Crippen LogP contribution in [-0.4, -0.2) is 24.8 Å². The van der Waals surface area contributed by atoms with Crippen LogP contribution >= 0.6 is 11.8 Å². The van der Waals surface area contributed by atoms with Gasteiger partial charge in [0.2, 0.25) is 0 Å². The fourth-order valence-electron chi connectivity index (χ4n) is 4.19. The van der Waals surface area contributed by atoms with Gasteiger partial charge >= 0.3 is 0 Å². The summed E-state index contributed by atoms with van der Waals surface area (Å²) < 4.78 is 23.5. The predicted molar refractivity (Wildman–Crippen MR) is 168 cm³/mol. The van der Waals surface area contributed by atoms with E-state index in [9.17, 15) is 4.79 Å². The molecule has 0 saturated carbocycles. The van der Waals surface area contributed by atoms with Crippen LogP contribution in [0.3, 0.4) is 0 Å². The van der Waals surface area contributed by atoms with Gasteiger partial charge in [0, 0.05) is 0 Å². The van der Waals surface area contributed by atoms with Gasteiger partial charge in [0.1, 0.15) is 13.2 Å². The summed E-state index contributed by atoms with van der Waals surface area (Å²) in [6.07, 6.45) is 1.82. The Bertz CT molecular complexity index is 1600. The lowest BCUT2D eigenvalue weighted by Gasteiger charge is -2.15. The van der Waals surface area contributed by atoms with Crippen LogP contribution in [0.1, 0.15) is 29.2 Å². The van der Waals surface area contributed by atoms with E-state index < -0.39 is 0 Å². The fourth-order valence-corrected chi connectivity index (χ4v) is 5.03. The van der Waals surface area contributed by atoms with Gasteiger partial charge in [-0.1, -0.05) is 60.2 Å². The molecule has 1 saturated heterocycles. The molecular weight excluding hydrogens is 548 g/mol. The lowest BCUT2D eigenvalue weighted by molar-refractivity contribution is -0.115. The minimum Gasteiger partial charge on any atom is -0.493 e. The van der Waals surface area contributed by atoms with Crippen LogP contribution in [-0.2, 0) is 18.0 Å². The number of nitrogens with one attached hydrogen (secondary N) is 1. The highest BCUT2D eigenvalue weighted by molar-refractivity contribution is 8.18. The molecule has 0 bridgehead atoms. The first-order chi connectivity index (χ1) is 20.5. The Labute approximate surface area is 250 Å². The number of aryl methyl sites for hydroxylation is 1. The van der Waals surface area contributed by atoms with E-state index in [0.717, 1.165) is 27.9 Å². The number of ether oxygens (including phenoxy) is 4. The first-order valence-electron chi connectivity index (χ1n) is 13.6. The maximum Gasteiger partial charge on any atom is 0.264 e. The molecule has 1 aliphatic heterocycles. The number of aliphatic imine (C=N–C) groups is 1. The number of benzene rings is 4. The van der Waals surface area contributed by atoms with Crippen molar-refractivity contribution in [3.05, 3.63) is 118 Å². The molecule has 214 valence electrons. The summed E-state index contributed by atoms with van der Waals surface area (Å²) in [6.45, 7) is 5.18. The Morgan fingerprint density at radius 3 is 2.24 bits per heavy atom. The van der Waals surface area contributed by atoms with E-state index >= 15 is 0 Å². The predicted octanol–water partition coefficient (Wildman–Crippen LogP) is 7.45. The number of methoxy groups -OCH3 is 1. The second kappa shape index (κ2) is 13.8. The van der Waals surface area contributed by atoms with Gasteiger partial charge in [-0.15, -0.1) is 0 Å². The summed E-state index contributed by atoms with van der Waals surface area (Å²) in [7, 11) is 1.62. The second-order valence-electron chi connectivity index (χ2n) is 9.50. The number of hydrogen-bond acceptors (Lipinski definition) is 7. The van der Waals surface area contributed by atoms with Gasteiger partial charge in [-0.25, -0.2) is 4.99 Å². The van der Waals surface area contributed by atoms with Gasteiger partial charge in [-0.2, -0.15) is 0 Å². The third kappa shape index (κ3) is 7.53. The second-order valence-corrected chi connectivity index (χ2v) is 10.5. The van der Waals surface area contributed by atoms with E-state index in [2.05, 4.69) is 10.3 Å². The van der Waals surface area contributed by atoms with Crippen LogP contribution in [0.2, 0.25) is 0 Å². The minimum atomic E-state index is -0.186. The molecule has 1 fully saturated rings. The molecule has 0 atom stereocenters. The molecule has 0 spiro atoms. The van der Waals surface area contributed by atoms with Crippen molar-refractivity contribution in [2.45, 2.75) is 27.1 Å². The lowest BCUT2D eigenvalue weighted by Crippen LogP contribution is -2.19. The van der Waals surface area contributed by atoms with Gasteiger partial charge in [0.05, 0.1) is 24.3 Å². The van der Waals surface area contributed by atoms with E-state index in [1.165, 1.54) is 11.8 Å². The van der Waals surface area contributed by atoms with E-state index in [4.69, 9.17) is 18.9 Å². The summed E-state index contributed by atoms with van der Waals surface area (Å²) in [5.41, 5.74) is 4.77. The quantitative estimate of drug-likeness (QED) is 0.186. The third-order valence-corrected chi connectivity index (χ3v) is 7.25. The largest absolute Gasteiger partial charge is 0.493 e. The molecule has 1 amide bonds. The van der Waals surface area contributed by atoms with Gasteiger partial charge in [0.25, 0.3) is 5.91 Å². The van der Waals surface area contributed by atoms with Crippen molar-refractivity contribution in [2.75, 3.05) is 13.7 Å². The molecule has 4 aromatic carbocycles. The van der Waals surface area contributed by atoms with Crippen molar-refractivity contribution < 1.29 is 23.7 Å². The average Bonchev–Trinajstić information content (AvgIpc) is 3.35. The molecule has 0 radical (unpaired) electrons. The standard InChI is InChI=1S/C34H32N2O5S/c1-4-39-31-18-25(20-32-33(37)36-34(42-32)35-27-14-10-23(2)11-15-27)12-16-29(31)41-22-26-13-17-28(30(19-26)38-3)40-21-24-8-6-5-7-9-24/h5-20H,4,21-22H2,1-3H3,(H,35,36,37)/b32-20+. The SMILES string of the molecule is CCOc1cc(/C=C2/SC(=Nc3ccc(C)cc3)NC2=O)ccc1OCc1ccc(OCc2ccccc2)c(OC)c1. The van der Waals surface area contributed by atoms with E-state index in [1.54, 1.807) is 7.11 Å². The molecule has 7 nitrogen and oxygen atoms in total. The Morgan fingerprint density at radius 1 is 0.786 bits per heavy atom. The van der Waals surface area contributed by atoms with Crippen molar-refractivity contribution in [3.63, 3.8) is 0 Å². The highest BCUT2D eigenvalue weighted by Gasteiger charge is 2.24. The molecule has 0 aromatic heterocycles. The molecule has 5 rings (SSSR count). The van der Waals surface area contributed by atoms with Crippen molar-refractivity contribution in [2.24, 2.45) is 4.99 Å². The van der Waals surface area contributed by atoms with Gasteiger partial charge in [-0.05, 0) is 84.8 Å². The average molecular weight is 581 g/mol. The number of thioether (sulfide) groups is 1. The lowest BCUT2D eigenvalue weighted by atomic mass is 10.1. The number of carbonyl (C=O) groups excluding carboxylic acids is 1. The molecule has 1 aliphatic rings. The zero-order valence-corrected chi connectivity index (χ0v) is 24.6. The van der Waals surface area contributed by atoms with Crippen LogP contribution in [0.15, 0.2) is 101 Å². The van der Waals surface area contributed by atoms with Crippen LogP contribution in [0.5, 0.6) is 23.0 Å². The van der Waals surface area contributed by atoms with E-state index in [0.29, 0.717) is 52.9 Å². The van der Waals surface area contributed by atoms with Crippen LogP contribution in [0, 0.1) is 6.92 Å². The first-order valence-corrected chi connectivity index (χ1v) is 14.4. The molecule has 0 unspecified atom stereocenters. The minimum absolute atomic E-state index is 0.186. The molecule has 1 N–H and O–H groups in total. The number of rotatable bonds is 11. The highest BCUT2D eigenvalue weighted by Crippen LogP contribution is 2.34. The smallest absolute Gasteiger partial charge is 0.264 e. The fraction of sp³-hybridized carbons (Fsp3) is 0.176. The summed E-state index contributed by atoms with van der Waals surface area (Å²) in [5, 5.41) is 3.39. The topological polar surface area (TPSA) is 78.4 Å². The normalized spacial score (nSPS) is 14.6. The zero-order valence-electron chi connectivity index (χ0n) is 23.8. The van der Waals surface area contributed by atoms with Crippen LogP contribution < -0.4 is 24.3 Å². The molecule has 4 aromatic rings. The van der Waals surface area contributed by atoms with Crippen LogP contribution in [0.25, 0.3) is 6.08 Å². The van der Waals surface area contributed by atoms with Gasteiger partial charge in [0.15, 0.2) is 28.2 Å². The number of hydrogen-bond donors (Lipinski definition) is 1. The number of amidine groups is 1. The Morgan fingerprint density at radius 2 is 1.50 bits per heavy atom. The monoisotopic (exact) mass is 580 g/mol. The third-order valence-electron chi connectivity index (χ3n) is 6.34. The maximum atomic E-state index is 12.6. The summed E-state index contributed by atoms with van der Waals surface area (Å²) in [4.78, 5) is 17.7. The van der Waals surface area contributed by atoms with Crippen LogP contribution in [0.4, 0.5) is 5.69 Å². The molecular formula is C34H32N2O5S. The van der Waals surface area contributed by atoms with Crippen molar-refractivity contribution >= 4 is 34.6 Å². The molecule has 42 heavy (non-hydrogen) atoms. The summed E-state index contributed by atoms with van der Waals surface area (Å²) >= 11 is 1.31. The van der Waals surface area contributed by atoms with E-state index in [-0.39, 0.29) is 5.91 Å².